The van der Waals surface area contributed by atoms with Gasteiger partial charge in [-0.1, -0.05) is 33.6 Å². The van der Waals surface area contributed by atoms with E-state index in [-0.39, 0.29) is 5.82 Å². The second kappa shape index (κ2) is 5.91. The van der Waals surface area contributed by atoms with E-state index in [9.17, 15) is 4.39 Å². The summed E-state index contributed by atoms with van der Waals surface area (Å²) in [6, 6.07) is 9.48. The fourth-order valence-corrected chi connectivity index (χ4v) is 2.28. The number of rotatable bonds is 3. The van der Waals surface area contributed by atoms with Gasteiger partial charge in [-0.25, -0.2) is 4.39 Å². The molecule has 0 saturated carbocycles. The average molecular weight is 350 g/mol. The lowest BCUT2D eigenvalue weighted by Gasteiger charge is -2.10. The molecular weight excluding hydrogens is 342 g/mol. The molecule has 0 heterocycles. The molecule has 0 radical (unpaired) electrons. The van der Waals surface area contributed by atoms with E-state index in [1.54, 1.807) is 24.3 Å². The minimum Gasteiger partial charge on any atom is -0.457 e. The maximum Gasteiger partial charge on any atom is 0.133 e. The molecule has 2 rings (SSSR count). The molecule has 0 saturated heterocycles. The van der Waals surface area contributed by atoms with E-state index in [4.69, 9.17) is 27.9 Å². The molecule has 2 aromatic rings. The van der Waals surface area contributed by atoms with E-state index in [2.05, 4.69) is 15.9 Å². The van der Waals surface area contributed by atoms with Gasteiger partial charge in [-0.05, 0) is 24.3 Å². The number of halogens is 4. The van der Waals surface area contributed by atoms with Crippen LogP contribution in [0.3, 0.4) is 0 Å². The quantitative estimate of drug-likeness (QED) is 0.639. The highest BCUT2D eigenvalue weighted by Crippen LogP contribution is 2.31. The predicted molar refractivity (Wildman–Crippen MR) is 75.2 cm³/mol. The van der Waals surface area contributed by atoms with Gasteiger partial charge in [0.2, 0.25) is 0 Å². The Hall–Kier alpha value is -0.770. The number of alkyl halides is 1. The fourth-order valence-electron chi connectivity index (χ4n) is 1.45. The average Bonchev–Trinajstić information content (AvgIpc) is 2.27. The predicted octanol–water partition coefficient (Wildman–Crippen LogP) is 5.77. The van der Waals surface area contributed by atoms with Crippen molar-refractivity contribution in [2.75, 3.05) is 0 Å². The zero-order valence-corrected chi connectivity index (χ0v) is 12.2. The molecule has 0 unspecified atom stereocenters. The topological polar surface area (TPSA) is 9.23 Å². The molecule has 0 atom stereocenters. The van der Waals surface area contributed by atoms with Gasteiger partial charge in [0, 0.05) is 21.1 Å². The first-order valence-corrected chi connectivity index (χ1v) is 6.77. The van der Waals surface area contributed by atoms with Crippen molar-refractivity contribution in [3.63, 3.8) is 0 Å². The maximum absolute atomic E-state index is 13.2. The summed E-state index contributed by atoms with van der Waals surface area (Å²) in [6.45, 7) is 0. The molecule has 0 spiro atoms. The Balaban J connectivity index is 2.35. The van der Waals surface area contributed by atoms with Crippen LogP contribution < -0.4 is 4.74 Å². The van der Waals surface area contributed by atoms with Gasteiger partial charge in [0.1, 0.15) is 17.3 Å². The van der Waals surface area contributed by atoms with Crippen LogP contribution in [0.5, 0.6) is 11.5 Å². The van der Waals surface area contributed by atoms with E-state index in [0.717, 1.165) is 5.56 Å². The van der Waals surface area contributed by atoms with Crippen molar-refractivity contribution in [3.8, 4) is 11.5 Å². The lowest BCUT2D eigenvalue weighted by Crippen LogP contribution is -1.90. The molecule has 18 heavy (non-hydrogen) atoms. The summed E-state index contributed by atoms with van der Waals surface area (Å²) in [5.74, 6) is 0.822. The normalized spacial score (nSPS) is 10.4. The Bertz CT molecular complexity index is 555. The van der Waals surface area contributed by atoms with Crippen molar-refractivity contribution in [1.82, 2.24) is 0 Å². The van der Waals surface area contributed by atoms with Crippen molar-refractivity contribution in [1.29, 1.82) is 0 Å². The first-order chi connectivity index (χ1) is 8.58. The minimum atomic E-state index is -0.381. The number of hydrogen-bond acceptors (Lipinski definition) is 1. The molecule has 5 heteroatoms. The van der Waals surface area contributed by atoms with Crippen molar-refractivity contribution in [2.24, 2.45) is 0 Å². The summed E-state index contributed by atoms with van der Waals surface area (Å²) in [7, 11) is 0. The van der Waals surface area contributed by atoms with E-state index in [0.29, 0.717) is 26.9 Å². The molecule has 0 fully saturated rings. The van der Waals surface area contributed by atoms with Gasteiger partial charge in [-0.15, -0.1) is 11.6 Å². The zero-order valence-electron chi connectivity index (χ0n) is 9.09. The summed E-state index contributed by atoms with van der Waals surface area (Å²) in [4.78, 5) is 0. The highest BCUT2D eigenvalue weighted by atomic mass is 79.9. The Kier molecular flexibility index (Phi) is 4.49. The smallest absolute Gasteiger partial charge is 0.133 e. The lowest BCUT2D eigenvalue weighted by atomic mass is 10.2. The Labute approximate surface area is 123 Å². The van der Waals surface area contributed by atoms with Crippen LogP contribution in [0.4, 0.5) is 4.39 Å². The highest BCUT2D eigenvalue weighted by molar-refractivity contribution is 9.10. The maximum atomic E-state index is 13.2. The third-order valence-electron chi connectivity index (χ3n) is 2.24. The van der Waals surface area contributed by atoms with E-state index in [1.165, 1.54) is 12.1 Å². The Morgan fingerprint density at radius 2 is 1.94 bits per heavy atom. The van der Waals surface area contributed by atoms with Crippen LogP contribution in [0, 0.1) is 5.82 Å². The van der Waals surface area contributed by atoms with E-state index < -0.39 is 0 Å². The zero-order chi connectivity index (χ0) is 13.1. The largest absolute Gasteiger partial charge is 0.457 e. The number of benzene rings is 2. The van der Waals surface area contributed by atoms with Crippen LogP contribution >= 0.6 is 39.1 Å². The van der Waals surface area contributed by atoms with Crippen LogP contribution in [0.2, 0.25) is 5.02 Å². The van der Waals surface area contributed by atoms with Gasteiger partial charge in [0.15, 0.2) is 0 Å². The SMILES string of the molecule is Fc1cc(Br)cc(Oc2cc(Cl)ccc2CCl)c1. The van der Waals surface area contributed by atoms with Crippen molar-refractivity contribution < 1.29 is 9.13 Å². The van der Waals surface area contributed by atoms with Crippen LogP contribution in [0.15, 0.2) is 40.9 Å². The molecule has 0 aliphatic rings. The Morgan fingerprint density at radius 1 is 1.17 bits per heavy atom. The number of ether oxygens (including phenoxy) is 1. The van der Waals surface area contributed by atoms with Crippen LogP contribution in [0.25, 0.3) is 0 Å². The molecule has 0 aromatic heterocycles. The fraction of sp³-hybridized carbons (Fsp3) is 0.0769. The van der Waals surface area contributed by atoms with Gasteiger partial charge in [-0.2, -0.15) is 0 Å². The molecule has 2 aromatic carbocycles. The van der Waals surface area contributed by atoms with E-state index >= 15 is 0 Å². The molecule has 0 amide bonds. The molecule has 0 aliphatic heterocycles. The van der Waals surface area contributed by atoms with Crippen LogP contribution in [0.1, 0.15) is 5.56 Å². The molecule has 0 aliphatic carbocycles. The van der Waals surface area contributed by atoms with Gasteiger partial charge in [-0.3, -0.25) is 0 Å². The van der Waals surface area contributed by atoms with Crippen LogP contribution in [-0.2, 0) is 5.88 Å². The summed E-state index contributed by atoms with van der Waals surface area (Å²) in [5, 5.41) is 0.536. The van der Waals surface area contributed by atoms with Crippen LogP contribution in [-0.4, -0.2) is 0 Å². The third kappa shape index (κ3) is 3.37. The lowest BCUT2D eigenvalue weighted by molar-refractivity contribution is 0.472. The third-order valence-corrected chi connectivity index (χ3v) is 3.22. The van der Waals surface area contributed by atoms with Crippen molar-refractivity contribution in [3.05, 3.63) is 57.3 Å². The molecular formula is C13H8BrCl2FO. The molecule has 94 valence electrons. The molecule has 1 nitrogen and oxygen atoms in total. The molecule has 0 N–H and O–H groups in total. The van der Waals surface area contributed by atoms with Gasteiger partial charge < -0.3 is 4.74 Å². The van der Waals surface area contributed by atoms with Crippen molar-refractivity contribution in [2.45, 2.75) is 5.88 Å². The van der Waals surface area contributed by atoms with Gasteiger partial charge in [0.05, 0.1) is 5.88 Å². The summed E-state index contributed by atoms with van der Waals surface area (Å²) >= 11 is 14.9. The van der Waals surface area contributed by atoms with E-state index in [1.807, 2.05) is 0 Å². The first-order valence-electron chi connectivity index (χ1n) is 5.07. The van der Waals surface area contributed by atoms with Gasteiger partial charge >= 0.3 is 0 Å². The van der Waals surface area contributed by atoms with Crippen molar-refractivity contribution >= 4 is 39.1 Å². The second-order valence-corrected chi connectivity index (χ2v) is 5.21. The van der Waals surface area contributed by atoms with Gasteiger partial charge in [0.25, 0.3) is 0 Å². The molecule has 0 bridgehead atoms. The standard InChI is InChI=1S/C13H8BrCl2FO/c14-9-3-11(17)6-12(4-9)18-13-5-10(16)2-1-8(13)7-15/h1-6H,7H2. The monoisotopic (exact) mass is 348 g/mol. The highest BCUT2D eigenvalue weighted by Gasteiger charge is 2.07. The summed E-state index contributed by atoms with van der Waals surface area (Å²) in [6.07, 6.45) is 0. The summed E-state index contributed by atoms with van der Waals surface area (Å²) < 4.78 is 19.4. The minimum absolute atomic E-state index is 0.295. The summed E-state index contributed by atoms with van der Waals surface area (Å²) in [5.41, 5.74) is 0.793. The number of hydrogen-bond donors (Lipinski definition) is 0. The Morgan fingerprint density at radius 3 is 2.61 bits per heavy atom. The second-order valence-electron chi connectivity index (χ2n) is 3.59. The first kappa shape index (κ1) is 13.7.